The third-order valence-corrected chi connectivity index (χ3v) is 3.13. The second-order valence-electron chi connectivity index (χ2n) is 4.72. The number of hydrogen-bond acceptors (Lipinski definition) is 2. The molecule has 2 heteroatoms. The first-order valence-electron chi connectivity index (χ1n) is 6.25. The highest BCUT2D eigenvalue weighted by atomic mass is 15.1. The van der Waals surface area contributed by atoms with Crippen molar-refractivity contribution in [1.82, 2.24) is 0 Å². The lowest BCUT2D eigenvalue weighted by atomic mass is 10.1. The molecular formula is C16H20N2. The van der Waals surface area contributed by atoms with Crippen LogP contribution >= 0.6 is 0 Å². The molecule has 94 valence electrons. The molecule has 0 spiro atoms. The average Bonchev–Trinajstić information content (AvgIpc) is 2.41. The predicted molar refractivity (Wildman–Crippen MR) is 77.6 cm³/mol. The van der Waals surface area contributed by atoms with Gasteiger partial charge in [0, 0.05) is 25.8 Å². The van der Waals surface area contributed by atoms with Gasteiger partial charge < -0.3 is 10.6 Å². The lowest BCUT2D eigenvalue weighted by molar-refractivity contribution is 0.918. The van der Waals surface area contributed by atoms with E-state index in [1.807, 2.05) is 0 Å². The molecule has 0 aliphatic rings. The van der Waals surface area contributed by atoms with Crippen molar-refractivity contribution in [2.75, 3.05) is 11.9 Å². The maximum Gasteiger partial charge on any atom is 0.0426 e. The van der Waals surface area contributed by atoms with Crippen molar-refractivity contribution in [3.05, 3.63) is 65.2 Å². The van der Waals surface area contributed by atoms with Gasteiger partial charge in [0.15, 0.2) is 0 Å². The smallest absolute Gasteiger partial charge is 0.0426 e. The molecule has 0 saturated heterocycles. The molecule has 0 fully saturated rings. The molecule has 2 N–H and O–H groups in total. The highest BCUT2D eigenvalue weighted by Crippen LogP contribution is 2.17. The normalized spacial score (nSPS) is 10.4. The van der Waals surface area contributed by atoms with E-state index in [-0.39, 0.29) is 0 Å². The van der Waals surface area contributed by atoms with E-state index in [0.717, 1.165) is 6.54 Å². The molecule has 0 amide bonds. The van der Waals surface area contributed by atoms with E-state index in [1.54, 1.807) is 0 Å². The number of anilines is 1. The van der Waals surface area contributed by atoms with Gasteiger partial charge in [-0.2, -0.15) is 0 Å². The van der Waals surface area contributed by atoms with E-state index in [9.17, 15) is 0 Å². The van der Waals surface area contributed by atoms with Gasteiger partial charge in [-0.05, 0) is 30.2 Å². The summed E-state index contributed by atoms with van der Waals surface area (Å²) in [6.45, 7) is 3.61. The molecule has 2 nitrogen and oxygen atoms in total. The fourth-order valence-corrected chi connectivity index (χ4v) is 1.98. The lowest BCUT2D eigenvalue weighted by Crippen LogP contribution is -2.16. The first-order valence-corrected chi connectivity index (χ1v) is 6.25. The third kappa shape index (κ3) is 3.11. The summed E-state index contributed by atoms with van der Waals surface area (Å²) in [5, 5.41) is 0. The summed E-state index contributed by atoms with van der Waals surface area (Å²) >= 11 is 0. The van der Waals surface area contributed by atoms with Gasteiger partial charge in [-0.3, -0.25) is 0 Å². The Morgan fingerprint density at radius 2 is 1.72 bits per heavy atom. The summed E-state index contributed by atoms with van der Waals surface area (Å²) < 4.78 is 0. The van der Waals surface area contributed by atoms with Gasteiger partial charge in [0.25, 0.3) is 0 Å². The monoisotopic (exact) mass is 240 g/mol. The number of nitrogens with zero attached hydrogens (tertiary/aromatic N) is 1. The molecule has 0 atom stereocenters. The van der Waals surface area contributed by atoms with Crippen molar-refractivity contribution in [1.29, 1.82) is 0 Å². The van der Waals surface area contributed by atoms with Crippen LogP contribution in [0.25, 0.3) is 0 Å². The van der Waals surface area contributed by atoms with Crippen molar-refractivity contribution in [2.45, 2.75) is 20.0 Å². The van der Waals surface area contributed by atoms with Crippen LogP contribution in [0.4, 0.5) is 5.69 Å². The van der Waals surface area contributed by atoms with Gasteiger partial charge in [0.05, 0.1) is 0 Å². The Hall–Kier alpha value is -1.80. The second-order valence-corrected chi connectivity index (χ2v) is 4.72. The van der Waals surface area contributed by atoms with Gasteiger partial charge in [0.1, 0.15) is 0 Å². The van der Waals surface area contributed by atoms with Gasteiger partial charge >= 0.3 is 0 Å². The minimum absolute atomic E-state index is 0.589. The summed E-state index contributed by atoms with van der Waals surface area (Å²) in [7, 11) is 2.11. The van der Waals surface area contributed by atoms with Gasteiger partial charge in [0.2, 0.25) is 0 Å². The molecule has 0 aromatic heterocycles. The van der Waals surface area contributed by atoms with Crippen LogP contribution in [0, 0.1) is 6.92 Å². The molecule has 0 bridgehead atoms. The van der Waals surface area contributed by atoms with Crippen molar-refractivity contribution in [2.24, 2.45) is 5.73 Å². The Morgan fingerprint density at radius 3 is 2.39 bits per heavy atom. The van der Waals surface area contributed by atoms with Crippen LogP contribution in [-0.4, -0.2) is 7.05 Å². The SMILES string of the molecule is Cc1ccc(CN(C)c2cccc(CN)c2)cc1. The van der Waals surface area contributed by atoms with Crippen molar-refractivity contribution in [3.8, 4) is 0 Å². The van der Waals surface area contributed by atoms with Crippen LogP contribution in [0.2, 0.25) is 0 Å². The van der Waals surface area contributed by atoms with Gasteiger partial charge in [-0.15, -0.1) is 0 Å². The van der Waals surface area contributed by atoms with Crippen LogP contribution in [0.1, 0.15) is 16.7 Å². The minimum atomic E-state index is 0.589. The summed E-state index contributed by atoms with van der Waals surface area (Å²) in [6, 6.07) is 17.0. The maximum atomic E-state index is 5.67. The Balaban J connectivity index is 2.11. The zero-order valence-corrected chi connectivity index (χ0v) is 11.1. The van der Waals surface area contributed by atoms with Gasteiger partial charge in [-0.1, -0.05) is 42.0 Å². The number of rotatable bonds is 4. The molecule has 0 saturated carbocycles. The van der Waals surface area contributed by atoms with Crippen molar-refractivity contribution < 1.29 is 0 Å². The fourth-order valence-electron chi connectivity index (χ4n) is 1.98. The molecule has 2 aromatic rings. The molecule has 0 unspecified atom stereocenters. The quantitative estimate of drug-likeness (QED) is 0.889. The molecular weight excluding hydrogens is 220 g/mol. The Kier molecular flexibility index (Phi) is 4.00. The van der Waals surface area contributed by atoms with Gasteiger partial charge in [-0.25, -0.2) is 0 Å². The molecule has 0 radical (unpaired) electrons. The van der Waals surface area contributed by atoms with E-state index >= 15 is 0 Å². The van der Waals surface area contributed by atoms with E-state index in [2.05, 4.69) is 67.4 Å². The van der Waals surface area contributed by atoms with E-state index in [1.165, 1.54) is 22.4 Å². The Morgan fingerprint density at radius 1 is 1.00 bits per heavy atom. The zero-order valence-electron chi connectivity index (χ0n) is 11.1. The van der Waals surface area contributed by atoms with Crippen LogP contribution in [0.15, 0.2) is 48.5 Å². The minimum Gasteiger partial charge on any atom is -0.370 e. The molecule has 2 aromatic carbocycles. The summed E-state index contributed by atoms with van der Waals surface area (Å²) in [6.07, 6.45) is 0. The number of aryl methyl sites for hydroxylation is 1. The number of hydrogen-bond donors (Lipinski definition) is 1. The van der Waals surface area contributed by atoms with Crippen LogP contribution in [0.5, 0.6) is 0 Å². The Labute approximate surface area is 109 Å². The molecule has 18 heavy (non-hydrogen) atoms. The van der Waals surface area contributed by atoms with E-state index in [0.29, 0.717) is 6.54 Å². The highest BCUT2D eigenvalue weighted by molar-refractivity contribution is 5.48. The summed E-state index contributed by atoms with van der Waals surface area (Å²) in [5.41, 5.74) is 10.7. The van der Waals surface area contributed by atoms with Crippen LogP contribution in [-0.2, 0) is 13.1 Å². The highest BCUT2D eigenvalue weighted by Gasteiger charge is 2.02. The molecule has 0 aliphatic carbocycles. The van der Waals surface area contributed by atoms with Crippen LogP contribution < -0.4 is 10.6 Å². The number of benzene rings is 2. The molecule has 0 heterocycles. The first-order chi connectivity index (χ1) is 8.69. The molecule has 2 rings (SSSR count). The van der Waals surface area contributed by atoms with Crippen LogP contribution in [0.3, 0.4) is 0 Å². The Bertz CT molecular complexity index is 503. The topological polar surface area (TPSA) is 29.3 Å². The molecule has 0 aliphatic heterocycles. The van der Waals surface area contributed by atoms with Crippen molar-refractivity contribution in [3.63, 3.8) is 0 Å². The second kappa shape index (κ2) is 5.69. The lowest BCUT2D eigenvalue weighted by Gasteiger charge is -2.20. The average molecular weight is 240 g/mol. The fraction of sp³-hybridized carbons (Fsp3) is 0.250. The van der Waals surface area contributed by atoms with E-state index in [4.69, 9.17) is 5.73 Å². The summed E-state index contributed by atoms with van der Waals surface area (Å²) in [4.78, 5) is 2.24. The predicted octanol–water partition coefficient (Wildman–Crippen LogP) is 3.09. The third-order valence-electron chi connectivity index (χ3n) is 3.13. The number of nitrogens with two attached hydrogens (primary N) is 1. The van der Waals surface area contributed by atoms with Crippen molar-refractivity contribution >= 4 is 5.69 Å². The summed E-state index contributed by atoms with van der Waals surface area (Å²) in [5.74, 6) is 0. The maximum absolute atomic E-state index is 5.67. The standard InChI is InChI=1S/C16H20N2/c1-13-6-8-14(9-7-13)12-18(2)16-5-3-4-15(10-16)11-17/h3-10H,11-12,17H2,1-2H3. The van der Waals surface area contributed by atoms with E-state index < -0.39 is 0 Å². The zero-order chi connectivity index (χ0) is 13.0. The first kappa shape index (κ1) is 12.7. The largest absolute Gasteiger partial charge is 0.370 e.